The predicted octanol–water partition coefficient (Wildman–Crippen LogP) is -0.962. The van der Waals surface area contributed by atoms with E-state index in [0.717, 1.165) is 42.3 Å². The van der Waals surface area contributed by atoms with Crippen molar-refractivity contribution >= 4 is 11.4 Å². The van der Waals surface area contributed by atoms with E-state index in [0.29, 0.717) is 12.4 Å². The molecule has 0 amide bonds. The Bertz CT molecular complexity index is 744. The number of aliphatic hydroxyl groups excluding tert-OH is 1. The van der Waals surface area contributed by atoms with E-state index in [1.807, 2.05) is 12.2 Å². The van der Waals surface area contributed by atoms with Crippen LogP contribution < -0.4 is 27.1 Å². The molecule has 6 heteroatoms. The van der Waals surface area contributed by atoms with Crippen LogP contribution in [0.4, 0.5) is 0 Å². The van der Waals surface area contributed by atoms with Gasteiger partial charge in [0.25, 0.3) is 0 Å². The number of nitrogens with one attached hydrogen (secondary N) is 2. The minimum atomic E-state index is -0.0150. The Morgan fingerprint density at radius 2 is 2.30 bits per heavy atom. The lowest BCUT2D eigenvalue weighted by atomic mass is 9.99. The Balaban J connectivity index is 2.14. The second-order valence-corrected chi connectivity index (χ2v) is 5.87. The second-order valence-electron chi connectivity index (χ2n) is 5.87. The van der Waals surface area contributed by atoms with Crippen LogP contribution in [0.1, 0.15) is 25.6 Å². The molecule has 1 aliphatic carbocycles. The molecule has 23 heavy (non-hydrogen) atoms. The van der Waals surface area contributed by atoms with Gasteiger partial charge in [0, 0.05) is 25.1 Å². The summed E-state index contributed by atoms with van der Waals surface area (Å²) in [6, 6.07) is 0.104. The van der Waals surface area contributed by atoms with Gasteiger partial charge >= 0.3 is 0 Å². The van der Waals surface area contributed by atoms with Gasteiger partial charge in [0.2, 0.25) is 0 Å². The van der Waals surface area contributed by atoms with Crippen molar-refractivity contribution in [3.05, 3.63) is 40.8 Å². The van der Waals surface area contributed by atoms with Crippen molar-refractivity contribution in [2.24, 2.45) is 5.73 Å². The van der Waals surface area contributed by atoms with Crippen LogP contribution in [-0.2, 0) is 13.0 Å². The number of nitrogens with zero attached hydrogens (tertiary/aromatic N) is 2. The first-order valence-corrected chi connectivity index (χ1v) is 8.28. The van der Waals surface area contributed by atoms with Crippen molar-refractivity contribution in [1.29, 1.82) is 0 Å². The third-order valence-corrected chi connectivity index (χ3v) is 4.29. The number of rotatable bonds is 7. The molecule has 1 aliphatic heterocycles. The summed E-state index contributed by atoms with van der Waals surface area (Å²) in [5.41, 5.74) is 7.43. The standard InChI is InChI=1S/C17H25N5O/c1-2-3-8-14-21-15-16(22(14)10-9-19-11-23)12-6-4-5-7-13(12)20-17(15)18/h4-7,13,19-20,23H,2-3,8-11,18H2,1H3. The Hall–Kier alpha value is -2.05. The van der Waals surface area contributed by atoms with Crippen molar-refractivity contribution in [1.82, 2.24) is 20.2 Å². The summed E-state index contributed by atoms with van der Waals surface area (Å²) in [7, 11) is 0. The first kappa shape index (κ1) is 15.8. The highest BCUT2D eigenvalue weighted by atomic mass is 16.3. The fraction of sp³-hybridized carbons (Fsp3) is 0.471. The predicted molar refractivity (Wildman–Crippen MR) is 91.4 cm³/mol. The van der Waals surface area contributed by atoms with E-state index in [4.69, 9.17) is 15.8 Å². The summed E-state index contributed by atoms with van der Waals surface area (Å²) in [6.45, 7) is 3.63. The summed E-state index contributed by atoms with van der Waals surface area (Å²) in [6.07, 6.45) is 11.5. The Morgan fingerprint density at radius 1 is 1.43 bits per heavy atom. The van der Waals surface area contributed by atoms with Crippen molar-refractivity contribution in [2.75, 3.05) is 13.3 Å². The molecule has 124 valence electrons. The molecule has 0 bridgehead atoms. The number of unbranched alkanes of at least 4 members (excludes halogenated alkanes) is 1. The molecule has 1 aromatic heterocycles. The third kappa shape index (κ3) is 3.04. The number of aliphatic hydroxyl groups is 1. The number of imidazole rings is 1. The molecule has 3 rings (SSSR count). The fourth-order valence-corrected chi connectivity index (χ4v) is 3.15. The minimum absolute atomic E-state index is 0.0150. The Morgan fingerprint density at radius 3 is 3.09 bits per heavy atom. The van der Waals surface area contributed by atoms with E-state index in [2.05, 4.69) is 34.3 Å². The molecule has 0 aromatic carbocycles. The van der Waals surface area contributed by atoms with Crippen LogP contribution in [0.2, 0.25) is 0 Å². The van der Waals surface area contributed by atoms with E-state index in [9.17, 15) is 0 Å². The average Bonchev–Trinajstić information content (AvgIpc) is 2.93. The number of hydrogen-bond acceptors (Lipinski definition) is 5. The molecule has 2 heterocycles. The van der Waals surface area contributed by atoms with Gasteiger partial charge in [-0.3, -0.25) is 5.32 Å². The van der Waals surface area contributed by atoms with Gasteiger partial charge in [-0.25, -0.2) is 4.98 Å². The summed E-state index contributed by atoms with van der Waals surface area (Å²) in [4.78, 5) is 4.81. The second kappa shape index (κ2) is 7.02. The van der Waals surface area contributed by atoms with E-state index < -0.39 is 0 Å². The van der Waals surface area contributed by atoms with E-state index in [1.165, 1.54) is 5.57 Å². The lowest BCUT2D eigenvalue weighted by Gasteiger charge is -2.23. The van der Waals surface area contributed by atoms with Gasteiger partial charge in [0.05, 0.1) is 18.1 Å². The molecular weight excluding hydrogens is 290 g/mol. The molecule has 1 atom stereocenters. The quantitative estimate of drug-likeness (QED) is 0.384. The lowest BCUT2D eigenvalue weighted by molar-refractivity contribution is 0.258. The smallest absolute Gasteiger partial charge is 0.129 e. The molecule has 1 unspecified atom stereocenters. The summed E-state index contributed by atoms with van der Waals surface area (Å²) >= 11 is 0. The fourth-order valence-electron chi connectivity index (χ4n) is 3.15. The zero-order valence-corrected chi connectivity index (χ0v) is 13.5. The van der Waals surface area contributed by atoms with E-state index in [1.54, 1.807) is 0 Å². The van der Waals surface area contributed by atoms with Gasteiger partial charge in [-0.15, -0.1) is 0 Å². The van der Waals surface area contributed by atoms with E-state index >= 15 is 0 Å². The zero-order chi connectivity index (χ0) is 16.2. The monoisotopic (exact) mass is 315 g/mol. The largest absolute Gasteiger partial charge is 0.384 e. The zero-order valence-electron chi connectivity index (χ0n) is 13.5. The Labute approximate surface area is 136 Å². The van der Waals surface area contributed by atoms with E-state index in [-0.39, 0.29) is 12.8 Å². The van der Waals surface area contributed by atoms with Gasteiger partial charge in [-0.05, 0) is 6.42 Å². The maximum Gasteiger partial charge on any atom is 0.129 e. The molecule has 0 spiro atoms. The van der Waals surface area contributed by atoms with Crippen LogP contribution in [0.25, 0.3) is 11.4 Å². The molecule has 0 radical (unpaired) electrons. The molecule has 1 aromatic rings. The average molecular weight is 315 g/mol. The first-order valence-electron chi connectivity index (χ1n) is 8.28. The summed E-state index contributed by atoms with van der Waals surface area (Å²) in [5, 5.41) is 17.2. The van der Waals surface area contributed by atoms with Gasteiger partial charge in [0.15, 0.2) is 0 Å². The maximum atomic E-state index is 8.98. The van der Waals surface area contributed by atoms with Crippen LogP contribution in [0.5, 0.6) is 0 Å². The highest BCUT2D eigenvalue weighted by Gasteiger charge is 2.22. The van der Waals surface area contributed by atoms with Crippen molar-refractivity contribution in [3.63, 3.8) is 0 Å². The molecule has 0 saturated heterocycles. The number of nitrogens with two attached hydrogens (primary N) is 1. The molecule has 0 fully saturated rings. The van der Waals surface area contributed by atoms with Crippen molar-refractivity contribution in [2.45, 2.75) is 38.8 Å². The highest BCUT2D eigenvalue weighted by molar-refractivity contribution is 5.70. The summed E-state index contributed by atoms with van der Waals surface area (Å²) in [5.74, 6) is 1.71. The van der Waals surface area contributed by atoms with Gasteiger partial charge in [0.1, 0.15) is 17.0 Å². The normalized spacial score (nSPS) is 18.8. The number of fused-ring (bicyclic) bond motifs is 2. The lowest BCUT2D eigenvalue weighted by Crippen LogP contribution is -2.50. The number of aryl methyl sites for hydroxylation is 1. The molecule has 5 N–H and O–H groups in total. The first-order chi connectivity index (χ1) is 11.3. The number of allylic oxidation sites excluding steroid dienone is 2. The Kier molecular flexibility index (Phi) is 4.83. The van der Waals surface area contributed by atoms with Gasteiger partial charge < -0.3 is 20.7 Å². The maximum absolute atomic E-state index is 8.98. The summed E-state index contributed by atoms with van der Waals surface area (Å²) < 4.78 is 2.26. The van der Waals surface area contributed by atoms with Crippen LogP contribution in [-0.4, -0.2) is 34.0 Å². The van der Waals surface area contributed by atoms with Gasteiger partial charge in [-0.1, -0.05) is 37.6 Å². The van der Waals surface area contributed by atoms with Crippen LogP contribution in [0, 0.1) is 0 Å². The molecule has 0 saturated carbocycles. The minimum Gasteiger partial charge on any atom is -0.384 e. The van der Waals surface area contributed by atoms with Crippen LogP contribution >= 0.6 is 0 Å². The number of aromatic nitrogens is 2. The van der Waals surface area contributed by atoms with Crippen molar-refractivity contribution < 1.29 is 5.11 Å². The highest BCUT2D eigenvalue weighted by Crippen LogP contribution is 2.14. The molecular formula is C17H25N5O. The topological polar surface area (TPSA) is 88.1 Å². The number of hydrogen-bond donors (Lipinski definition) is 4. The van der Waals surface area contributed by atoms with Crippen LogP contribution in [0.15, 0.2) is 24.3 Å². The SMILES string of the molecule is CCCCc1nc2c(n1CCNCO)=C1C=CC=CC1NC=2N. The molecule has 6 nitrogen and oxygen atoms in total. The van der Waals surface area contributed by atoms with Crippen molar-refractivity contribution in [3.8, 4) is 0 Å². The van der Waals surface area contributed by atoms with Gasteiger partial charge in [-0.2, -0.15) is 0 Å². The van der Waals surface area contributed by atoms with Crippen LogP contribution in [0.3, 0.4) is 0 Å². The third-order valence-electron chi connectivity index (χ3n) is 4.29. The molecule has 2 aliphatic rings.